The fraction of sp³-hybridized carbons (Fsp3) is 0.250. The summed E-state index contributed by atoms with van der Waals surface area (Å²) in [5.74, 6) is -1.40. The molecule has 0 saturated heterocycles. The Labute approximate surface area is 161 Å². The van der Waals surface area contributed by atoms with Gasteiger partial charge >= 0.3 is 11.8 Å². The molecule has 0 fully saturated rings. The molecule has 2 aliphatic heterocycles. The lowest BCUT2D eigenvalue weighted by Crippen LogP contribution is -2.39. The third-order valence-electron chi connectivity index (χ3n) is 4.86. The number of hydrogen-bond acceptors (Lipinski definition) is 3. The second kappa shape index (κ2) is 7.04. The summed E-state index contributed by atoms with van der Waals surface area (Å²) in [7, 11) is 0. The fourth-order valence-corrected chi connectivity index (χ4v) is 3.84. The number of hydrogen-bond donors (Lipinski definition) is 2. The Balaban J connectivity index is 1.53. The molecule has 0 atom stereocenters. The van der Waals surface area contributed by atoms with Crippen LogP contribution in [-0.4, -0.2) is 24.3 Å². The van der Waals surface area contributed by atoms with E-state index in [1.165, 1.54) is 0 Å². The molecular formula is C20H18ClN3O3. The van der Waals surface area contributed by atoms with Gasteiger partial charge < -0.3 is 15.5 Å². The molecular weight excluding hydrogens is 366 g/mol. The summed E-state index contributed by atoms with van der Waals surface area (Å²) in [4.78, 5) is 38.4. The first-order valence-corrected chi connectivity index (χ1v) is 9.24. The minimum atomic E-state index is -0.786. The van der Waals surface area contributed by atoms with Gasteiger partial charge in [0.25, 0.3) is 0 Å². The van der Waals surface area contributed by atoms with Crippen LogP contribution in [0.4, 0.5) is 17.1 Å². The van der Waals surface area contributed by atoms with Crippen molar-refractivity contribution < 1.29 is 14.4 Å². The van der Waals surface area contributed by atoms with Crippen molar-refractivity contribution in [2.24, 2.45) is 0 Å². The molecule has 2 heterocycles. The van der Waals surface area contributed by atoms with Crippen LogP contribution in [0.25, 0.3) is 0 Å². The predicted octanol–water partition coefficient (Wildman–Crippen LogP) is 3.14. The highest BCUT2D eigenvalue weighted by Crippen LogP contribution is 2.37. The maximum Gasteiger partial charge on any atom is 0.314 e. The molecule has 6 nitrogen and oxygen atoms in total. The SMILES string of the molecule is O=C(Nc1cc2c3c(c1)CCC(=O)N3CCC2)C(=O)Nc1ccccc1Cl. The van der Waals surface area contributed by atoms with Crippen molar-refractivity contribution in [3.05, 3.63) is 52.5 Å². The molecule has 7 heteroatoms. The van der Waals surface area contributed by atoms with Crippen molar-refractivity contribution in [1.29, 1.82) is 0 Å². The fourth-order valence-electron chi connectivity index (χ4n) is 3.65. The maximum absolute atomic E-state index is 12.3. The average Bonchev–Trinajstić information content (AvgIpc) is 2.66. The van der Waals surface area contributed by atoms with Crippen molar-refractivity contribution in [2.45, 2.75) is 25.7 Å². The topological polar surface area (TPSA) is 78.5 Å². The Bertz CT molecular complexity index is 940. The molecule has 27 heavy (non-hydrogen) atoms. The highest BCUT2D eigenvalue weighted by molar-refractivity contribution is 6.44. The van der Waals surface area contributed by atoms with Gasteiger partial charge in [-0.3, -0.25) is 14.4 Å². The molecule has 0 bridgehead atoms. The number of anilines is 3. The molecule has 3 amide bonds. The van der Waals surface area contributed by atoms with E-state index in [9.17, 15) is 14.4 Å². The summed E-state index contributed by atoms with van der Waals surface area (Å²) in [6, 6.07) is 10.4. The van der Waals surface area contributed by atoms with E-state index < -0.39 is 11.8 Å². The lowest BCUT2D eigenvalue weighted by atomic mass is 9.91. The van der Waals surface area contributed by atoms with E-state index in [-0.39, 0.29) is 5.91 Å². The number of halogens is 1. The zero-order chi connectivity index (χ0) is 19.0. The van der Waals surface area contributed by atoms with Gasteiger partial charge in [0, 0.05) is 18.7 Å². The van der Waals surface area contributed by atoms with Crippen LogP contribution in [-0.2, 0) is 27.2 Å². The second-order valence-electron chi connectivity index (χ2n) is 6.68. The van der Waals surface area contributed by atoms with Crippen molar-refractivity contribution in [3.8, 4) is 0 Å². The summed E-state index contributed by atoms with van der Waals surface area (Å²) in [6.45, 7) is 0.741. The average molecular weight is 384 g/mol. The predicted molar refractivity (Wildman–Crippen MR) is 104 cm³/mol. The van der Waals surface area contributed by atoms with Crippen molar-refractivity contribution >= 4 is 46.4 Å². The van der Waals surface area contributed by atoms with E-state index in [4.69, 9.17) is 11.6 Å². The quantitative estimate of drug-likeness (QED) is 0.782. The number of rotatable bonds is 2. The van der Waals surface area contributed by atoms with Crippen LogP contribution in [0.5, 0.6) is 0 Å². The molecule has 0 aromatic heterocycles. The minimum absolute atomic E-state index is 0.152. The number of para-hydroxylation sites is 1. The standard InChI is InChI=1S/C20H18ClN3O3/c21-15-5-1-2-6-16(15)23-20(27)19(26)22-14-10-12-4-3-9-24-17(25)8-7-13(11-14)18(12)24/h1-2,5-6,10-11H,3-4,7-9H2,(H,22,26)(H,23,27). The van der Waals surface area contributed by atoms with Gasteiger partial charge in [-0.25, -0.2) is 0 Å². The van der Waals surface area contributed by atoms with Gasteiger partial charge in [-0.2, -0.15) is 0 Å². The summed E-state index contributed by atoms with van der Waals surface area (Å²) < 4.78 is 0. The Morgan fingerprint density at radius 3 is 2.44 bits per heavy atom. The lowest BCUT2D eigenvalue weighted by Gasteiger charge is -2.35. The Morgan fingerprint density at radius 1 is 0.963 bits per heavy atom. The summed E-state index contributed by atoms with van der Waals surface area (Å²) in [5, 5.41) is 5.53. The summed E-state index contributed by atoms with van der Waals surface area (Å²) in [5.41, 5.74) is 4.01. The van der Waals surface area contributed by atoms with Gasteiger partial charge in [0.2, 0.25) is 5.91 Å². The zero-order valence-electron chi connectivity index (χ0n) is 14.5. The van der Waals surface area contributed by atoms with E-state index in [0.717, 1.165) is 36.2 Å². The van der Waals surface area contributed by atoms with E-state index in [2.05, 4.69) is 10.6 Å². The maximum atomic E-state index is 12.3. The Hall–Kier alpha value is -2.86. The summed E-state index contributed by atoms with van der Waals surface area (Å²) in [6.07, 6.45) is 2.86. The van der Waals surface area contributed by atoms with Crippen LogP contribution in [0.15, 0.2) is 36.4 Å². The van der Waals surface area contributed by atoms with Crippen LogP contribution >= 0.6 is 11.6 Å². The second-order valence-corrected chi connectivity index (χ2v) is 7.09. The highest BCUT2D eigenvalue weighted by atomic mass is 35.5. The van der Waals surface area contributed by atoms with Crippen LogP contribution in [0.2, 0.25) is 5.02 Å². The molecule has 0 saturated carbocycles. The van der Waals surface area contributed by atoms with Gasteiger partial charge in [-0.05, 0) is 54.7 Å². The van der Waals surface area contributed by atoms with E-state index in [1.54, 1.807) is 24.3 Å². The lowest BCUT2D eigenvalue weighted by molar-refractivity contribution is -0.132. The number of benzene rings is 2. The Kier molecular flexibility index (Phi) is 4.58. The van der Waals surface area contributed by atoms with Crippen molar-refractivity contribution in [1.82, 2.24) is 0 Å². The van der Waals surface area contributed by atoms with Gasteiger partial charge in [0.15, 0.2) is 0 Å². The van der Waals surface area contributed by atoms with E-state index in [1.807, 2.05) is 17.0 Å². The number of carbonyl (C=O) groups is 3. The first-order valence-electron chi connectivity index (χ1n) is 8.86. The molecule has 2 aromatic rings. The van der Waals surface area contributed by atoms with Crippen molar-refractivity contribution in [2.75, 3.05) is 22.1 Å². The van der Waals surface area contributed by atoms with Crippen LogP contribution in [0.3, 0.4) is 0 Å². The third kappa shape index (κ3) is 3.40. The smallest absolute Gasteiger partial charge is 0.314 e. The van der Waals surface area contributed by atoms with E-state index >= 15 is 0 Å². The molecule has 4 rings (SSSR count). The normalized spacial score (nSPS) is 15.1. The van der Waals surface area contributed by atoms with Crippen LogP contribution < -0.4 is 15.5 Å². The number of amides is 3. The Morgan fingerprint density at radius 2 is 1.67 bits per heavy atom. The zero-order valence-corrected chi connectivity index (χ0v) is 15.3. The van der Waals surface area contributed by atoms with Crippen molar-refractivity contribution in [3.63, 3.8) is 0 Å². The molecule has 0 aliphatic carbocycles. The van der Waals surface area contributed by atoms with E-state index in [0.29, 0.717) is 29.2 Å². The number of nitrogens with zero attached hydrogens (tertiary/aromatic N) is 1. The van der Waals surface area contributed by atoms with Gasteiger partial charge in [0.1, 0.15) is 0 Å². The molecule has 0 radical (unpaired) electrons. The van der Waals surface area contributed by atoms with Crippen LogP contribution in [0, 0.1) is 0 Å². The van der Waals surface area contributed by atoms with Crippen LogP contribution in [0.1, 0.15) is 24.0 Å². The van der Waals surface area contributed by atoms with Gasteiger partial charge in [-0.15, -0.1) is 0 Å². The highest BCUT2D eigenvalue weighted by Gasteiger charge is 2.30. The molecule has 2 aromatic carbocycles. The number of nitrogens with one attached hydrogen (secondary N) is 2. The number of carbonyl (C=O) groups excluding carboxylic acids is 3. The van der Waals surface area contributed by atoms with Gasteiger partial charge in [-0.1, -0.05) is 23.7 Å². The molecule has 0 unspecified atom stereocenters. The molecule has 138 valence electrons. The monoisotopic (exact) mass is 383 g/mol. The minimum Gasteiger partial charge on any atom is -0.318 e. The molecule has 2 N–H and O–H groups in total. The first-order chi connectivity index (χ1) is 13.0. The molecule has 0 spiro atoms. The molecule has 2 aliphatic rings. The third-order valence-corrected chi connectivity index (χ3v) is 5.19. The summed E-state index contributed by atoms with van der Waals surface area (Å²) >= 11 is 6.01. The number of aryl methyl sites for hydroxylation is 2. The first kappa shape index (κ1) is 17.5. The largest absolute Gasteiger partial charge is 0.318 e. The van der Waals surface area contributed by atoms with Gasteiger partial charge in [0.05, 0.1) is 16.4 Å².